The summed E-state index contributed by atoms with van der Waals surface area (Å²) in [4.78, 5) is 10.3. The first kappa shape index (κ1) is 13.5. The molecule has 0 aromatic heterocycles. The van der Waals surface area contributed by atoms with Gasteiger partial charge in [-0.15, -0.1) is 0 Å². The van der Waals surface area contributed by atoms with Crippen molar-refractivity contribution < 1.29 is 9.90 Å². The van der Waals surface area contributed by atoms with Crippen molar-refractivity contribution in [1.82, 2.24) is 0 Å². The van der Waals surface area contributed by atoms with E-state index in [4.69, 9.17) is 5.11 Å². The second-order valence-corrected chi connectivity index (χ2v) is 5.73. The number of hydrogen-bond acceptors (Lipinski definition) is 1. The third kappa shape index (κ3) is 4.64. The average molecular weight is 200 g/mol. The van der Waals surface area contributed by atoms with Crippen molar-refractivity contribution in [1.29, 1.82) is 0 Å². The van der Waals surface area contributed by atoms with Gasteiger partial charge in [-0.2, -0.15) is 0 Å². The third-order valence-corrected chi connectivity index (χ3v) is 3.47. The Kier molecular flexibility index (Phi) is 4.63. The minimum absolute atomic E-state index is 0.283. The molecular formula is C12H24O2. The van der Waals surface area contributed by atoms with E-state index in [2.05, 4.69) is 34.6 Å². The molecule has 2 nitrogen and oxygen atoms in total. The fourth-order valence-electron chi connectivity index (χ4n) is 1.22. The highest BCUT2D eigenvalue weighted by Crippen LogP contribution is 2.41. The van der Waals surface area contributed by atoms with E-state index in [0.29, 0.717) is 6.42 Å². The number of hydrogen-bond donors (Lipinski definition) is 1. The van der Waals surface area contributed by atoms with Crippen LogP contribution in [0.5, 0.6) is 0 Å². The lowest BCUT2D eigenvalue weighted by molar-refractivity contribution is -0.137. The largest absolute Gasteiger partial charge is 0.481 e. The molecule has 0 rings (SSSR count). The Labute approximate surface area is 87.7 Å². The van der Waals surface area contributed by atoms with Crippen LogP contribution in [-0.4, -0.2) is 11.1 Å². The van der Waals surface area contributed by atoms with E-state index >= 15 is 0 Å². The lowest BCUT2D eigenvalue weighted by Gasteiger charge is -2.39. The van der Waals surface area contributed by atoms with Crippen molar-refractivity contribution in [3.63, 3.8) is 0 Å². The Morgan fingerprint density at radius 1 is 1.07 bits per heavy atom. The van der Waals surface area contributed by atoms with E-state index in [0.717, 1.165) is 19.3 Å². The van der Waals surface area contributed by atoms with Crippen molar-refractivity contribution in [2.24, 2.45) is 10.8 Å². The van der Waals surface area contributed by atoms with Crippen molar-refractivity contribution in [3.8, 4) is 0 Å². The topological polar surface area (TPSA) is 37.3 Å². The van der Waals surface area contributed by atoms with Gasteiger partial charge in [-0.25, -0.2) is 0 Å². The Hall–Kier alpha value is -0.530. The van der Waals surface area contributed by atoms with Gasteiger partial charge in [-0.1, -0.05) is 41.0 Å². The normalized spacial score (nSPS) is 12.9. The summed E-state index contributed by atoms with van der Waals surface area (Å²) in [5.74, 6) is -0.682. The molecule has 84 valence electrons. The fraction of sp³-hybridized carbons (Fsp3) is 0.917. The number of rotatable bonds is 5. The Bertz CT molecular complexity index is 187. The van der Waals surface area contributed by atoms with E-state index in [1.165, 1.54) is 0 Å². The first-order valence-electron chi connectivity index (χ1n) is 5.38. The summed E-state index contributed by atoms with van der Waals surface area (Å²) in [6, 6.07) is 0. The number of carboxylic acids is 1. The quantitative estimate of drug-likeness (QED) is 0.687. The van der Waals surface area contributed by atoms with Gasteiger partial charge in [0.1, 0.15) is 0 Å². The molecule has 2 heteroatoms. The summed E-state index contributed by atoms with van der Waals surface area (Å²) in [7, 11) is 0. The van der Waals surface area contributed by atoms with Crippen LogP contribution in [-0.2, 0) is 4.79 Å². The van der Waals surface area contributed by atoms with Crippen LogP contribution < -0.4 is 0 Å². The molecule has 0 bridgehead atoms. The van der Waals surface area contributed by atoms with Crippen LogP contribution in [0.4, 0.5) is 0 Å². The van der Waals surface area contributed by atoms with Crippen LogP contribution in [0.2, 0.25) is 0 Å². The summed E-state index contributed by atoms with van der Waals surface area (Å²) in [5.41, 5.74) is 0.571. The van der Waals surface area contributed by atoms with Crippen molar-refractivity contribution in [2.75, 3.05) is 0 Å². The molecule has 0 spiro atoms. The first-order valence-corrected chi connectivity index (χ1v) is 5.38. The zero-order valence-electron chi connectivity index (χ0n) is 10.2. The van der Waals surface area contributed by atoms with Crippen LogP contribution in [0.15, 0.2) is 0 Å². The maximum atomic E-state index is 10.3. The van der Waals surface area contributed by atoms with Crippen LogP contribution in [0.3, 0.4) is 0 Å². The molecule has 0 amide bonds. The molecule has 1 N–H and O–H groups in total. The van der Waals surface area contributed by atoms with E-state index < -0.39 is 5.97 Å². The van der Waals surface area contributed by atoms with Gasteiger partial charge in [0, 0.05) is 6.42 Å². The molecule has 0 aliphatic heterocycles. The number of aliphatic carboxylic acids is 1. The molecule has 0 heterocycles. The van der Waals surface area contributed by atoms with E-state index in [9.17, 15) is 4.79 Å². The van der Waals surface area contributed by atoms with Crippen LogP contribution in [0.1, 0.15) is 60.3 Å². The van der Waals surface area contributed by atoms with Gasteiger partial charge in [-0.05, 0) is 23.7 Å². The number of carbonyl (C=O) groups is 1. The number of unbranched alkanes of at least 4 members (excludes halogenated alkanes) is 1. The van der Waals surface area contributed by atoms with Gasteiger partial charge in [-0.3, -0.25) is 4.79 Å². The predicted octanol–water partition coefficient (Wildman–Crippen LogP) is 3.70. The van der Waals surface area contributed by atoms with E-state index in [1.807, 2.05) is 0 Å². The maximum absolute atomic E-state index is 10.3. The van der Waals surface area contributed by atoms with Crippen LogP contribution >= 0.6 is 0 Å². The molecule has 14 heavy (non-hydrogen) atoms. The molecule has 0 radical (unpaired) electrons. The molecule has 0 aliphatic rings. The van der Waals surface area contributed by atoms with Gasteiger partial charge in [0.25, 0.3) is 0 Å². The second kappa shape index (κ2) is 4.81. The van der Waals surface area contributed by atoms with Crippen LogP contribution in [0, 0.1) is 10.8 Å². The lowest BCUT2D eigenvalue weighted by atomic mass is 9.67. The van der Waals surface area contributed by atoms with Gasteiger partial charge in [0.2, 0.25) is 0 Å². The highest BCUT2D eigenvalue weighted by atomic mass is 16.4. The van der Waals surface area contributed by atoms with Gasteiger partial charge in [0.05, 0.1) is 0 Å². The summed E-state index contributed by atoms with van der Waals surface area (Å²) >= 11 is 0. The molecule has 0 atom stereocenters. The number of carboxylic acid groups (broad SMARTS) is 1. The second-order valence-electron chi connectivity index (χ2n) is 5.73. The molecule has 0 aromatic rings. The van der Waals surface area contributed by atoms with Crippen molar-refractivity contribution in [2.45, 2.75) is 60.3 Å². The molecular weight excluding hydrogens is 176 g/mol. The van der Waals surface area contributed by atoms with Gasteiger partial charge < -0.3 is 5.11 Å². The van der Waals surface area contributed by atoms with Crippen LogP contribution in [0.25, 0.3) is 0 Å². The lowest BCUT2D eigenvalue weighted by Crippen LogP contribution is -2.29. The predicted molar refractivity (Wildman–Crippen MR) is 59.3 cm³/mol. The molecule has 0 aliphatic carbocycles. The Morgan fingerprint density at radius 2 is 1.57 bits per heavy atom. The SMILES string of the molecule is CC(C)(C)C(C)(C)CCCCC(=O)O. The average Bonchev–Trinajstić information content (AvgIpc) is 1.95. The summed E-state index contributed by atoms with van der Waals surface area (Å²) in [5, 5.41) is 8.50. The monoisotopic (exact) mass is 200 g/mol. The Morgan fingerprint density at radius 3 is 1.93 bits per heavy atom. The maximum Gasteiger partial charge on any atom is 0.303 e. The molecule has 0 fully saturated rings. The third-order valence-electron chi connectivity index (χ3n) is 3.47. The summed E-state index contributed by atoms with van der Waals surface area (Å²) in [6.07, 6.45) is 3.22. The Balaban J connectivity index is 3.83. The van der Waals surface area contributed by atoms with Gasteiger partial charge in [0.15, 0.2) is 0 Å². The van der Waals surface area contributed by atoms with Crippen molar-refractivity contribution in [3.05, 3.63) is 0 Å². The van der Waals surface area contributed by atoms with Gasteiger partial charge >= 0.3 is 5.97 Å². The molecule has 0 saturated carbocycles. The molecule has 0 aromatic carbocycles. The zero-order chi connectivity index (χ0) is 11.4. The van der Waals surface area contributed by atoms with E-state index in [1.54, 1.807) is 0 Å². The minimum atomic E-state index is -0.682. The minimum Gasteiger partial charge on any atom is -0.481 e. The fourth-order valence-corrected chi connectivity index (χ4v) is 1.22. The smallest absolute Gasteiger partial charge is 0.303 e. The zero-order valence-corrected chi connectivity index (χ0v) is 10.2. The molecule has 0 unspecified atom stereocenters. The van der Waals surface area contributed by atoms with Crippen molar-refractivity contribution >= 4 is 5.97 Å². The standard InChI is InChI=1S/C12H24O2/c1-11(2,3)12(4,5)9-7-6-8-10(13)14/h6-9H2,1-5H3,(H,13,14). The van der Waals surface area contributed by atoms with E-state index in [-0.39, 0.29) is 10.8 Å². The summed E-state index contributed by atoms with van der Waals surface area (Å²) in [6.45, 7) is 11.2. The molecule has 0 saturated heterocycles. The first-order chi connectivity index (χ1) is 6.17. The highest BCUT2D eigenvalue weighted by molar-refractivity contribution is 5.66. The highest BCUT2D eigenvalue weighted by Gasteiger charge is 2.31. The summed E-state index contributed by atoms with van der Waals surface area (Å²) < 4.78 is 0.